The van der Waals surface area contributed by atoms with Crippen LogP contribution in [0.1, 0.15) is 40.5 Å². The van der Waals surface area contributed by atoms with Gasteiger partial charge in [0.15, 0.2) is 0 Å². The van der Waals surface area contributed by atoms with Crippen LogP contribution in [-0.2, 0) is 0 Å². The van der Waals surface area contributed by atoms with Gasteiger partial charge >= 0.3 is 0 Å². The van der Waals surface area contributed by atoms with Crippen molar-refractivity contribution in [2.24, 2.45) is 0 Å². The van der Waals surface area contributed by atoms with E-state index in [0.717, 1.165) is 0 Å². The first kappa shape index (κ1) is 20.6. The van der Waals surface area contributed by atoms with Crippen molar-refractivity contribution in [2.45, 2.75) is 60.2 Å². The number of hydrogen-bond donors (Lipinski definition) is 0. The highest BCUT2D eigenvalue weighted by molar-refractivity contribution is 6.54. The monoisotopic (exact) mass is 281 g/mol. The van der Waals surface area contributed by atoms with E-state index < -0.39 is 0 Å². The van der Waals surface area contributed by atoms with Gasteiger partial charge in [-0.15, -0.1) is 0 Å². The van der Waals surface area contributed by atoms with Gasteiger partial charge in [0.2, 0.25) is 0 Å². The second-order valence-corrected chi connectivity index (χ2v) is 8.23. The molecule has 1 fully saturated rings. The standard InChI is InChI=1S/C10H13N.C3H10Si.2C2H6/c1-2-6-10(7-3-1)11-8-4-5-9-11;1-4(2)3;2*1-2/h1-3,6-7H,4-5,8-9H2;4H,1-3H3;2*1-2H3. The second-order valence-electron chi connectivity index (χ2n) is 4.76. The van der Waals surface area contributed by atoms with E-state index in [1.807, 2.05) is 27.7 Å². The molecular weight excluding hydrogens is 246 g/mol. The molecule has 0 aliphatic carbocycles. The fourth-order valence-corrected chi connectivity index (χ4v) is 1.61. The van der Waals surface area contributed by atoms with E-state index in [1.54, 1.807) is 0 Å². The zero-order valence-corrected chi connectivity index (χ0v) is 15.4. The summed E-state index contributed by atoms with van der Waals surface area (Å²) in [5.74, 6) is 0. The molecule has 0 spiro atoms. The van der Waals surface area contributed by atoms with Crippen molar-refractivity contribution >= 4 is 14.5 Å². The van der Waals surface area contributed by atoms with E-state index in [4.69, 9.17) is 0 Å². The number of anilines is 1. The number of rotatable bonds is 1. The first-order valence-corrected chi connectivity index (χ1v) is 11.5. The van der Waals surface area contributed by atoms with E-state index in [9.17, 15) is 0 Å². The van der Waals surface area contributed by atoms with E-state index in [1.165, 1.54) is 31.6 Å². The molecule has 0 saturated carbocycles. The molecule has 19 heavy (non-hydrogen) atoms. The van der Waals surface area contributed by atoms with Crippen molar-refractivity contribution < 1.29 is 0 Å². The minimum absolute atomic E-state index is 0.139. The SMILES string of the molecule is CC.CC.C[SiH](C)C.c1ccc(N2CCCC2)cc1. The largest absolute Gasteiger partial charge is 0.372 e. The molecule has 0 bridgehead atoms. The average molecular weight is 282 g/mol. The normalized spacial score (nSPS) is 12.5. The minimum Gasteiger partial charge on any atom is -0.372 e. The summed E-state index contributed by atoms with van der Waals surface area (Å²) in [4.78, 5) is 2.44. The molecule has 1 heterocycles. The molecular formula is C17H35NSi. The van der Waals surface area contributed by atoms with Gasteiger partial charge in [-0.1, -0.05) is 65.5 Å². The lowest BCUT2D eigenvalue weighted by Gasteiger charge is -2.16. The van der Waals surface area contributed by atoms with Gasteiger partial charge in [-0.3, -0.25) is 0 Å². The Labute approximate surface area is 123 Å². The Bertz CT molecular complexity index is 250. The van der Waals surface area contributed by atoms with Crippen LogP contribution in [-0.4, -0.2) is 21.9 Å². The quantitative estimate of drug-likeness (QED) is 0.619. The summed E-state index contributed by atoms with van der Waals surface area (Å²) in [6.45, 7) is 17.4. The molecule has 1 saturated heterocycles. The van der Waals surface area contributed by atoms with Crippen molar-refractivity contribution in [2.75, 3.05) is 18.0 Å². The molecule has 0 radical (unpaired) electrons. The minimum atomic E-state index is -0.139. The van der Waals surface area contributed by atoms with Crippen LogP contribution in [0.3, 0.4) is 0 Å². The van der Waals surface area contributed by atoms with Crippen LogP contribution >= 0.6 is 0 Å². The summed E-state index contributed by atoms with van der Waals surface area (Å²) in [5.41, 5.74) is 1.38. The molecule has 1 aliphatic rings. The number of nitrogens with zero attached hydrogens (tertiary/aromatic N) is 1. The predicted octanol–water partition coefficient (Wildman–Crippen LogP) is 5.44. The third-order valence-electron chi connectivity index (χ3n) is 2.23. The Kier molecular flexibility index (Phi) is 16.5. The summed E-state index contributed by atoms with van der Waals surface area (Å²) in [5, 5.41) is 0. The lowest BCUT2D eigenvalue weighted by Crippen LogP contribution is -2.16. The third-order valence-corrected chi connectivity index (χ3v) is 2.23. The Morgan fingerprint density at radius 3 is 1.53 bits per heavy atom. The van der Waals surface area contributed by atoms with Crippen LogP contribution in [0.15, 0.2) is 30.3 Å². The summed E-state index contributed by atoms with van der Waals surface area (Å²) >= 11 is 0. The second kappa shape index (κ2) is 15.3. The first-order chi connectivity index (χ1) is 9.20. The van der Waals surface area contributed by atoms with Crippen molar-refractivity contribution in [1.82, 2.24) is 0 Å². The molecule has 1 aromatic carbocycles. The van der Waals surface area contributed by atoms with Gasteiger partial charge in [-0.05, 0) is 25.0 Å². The molecule has 0 aromatic heterocycles. The Morgan fingerprint density at radius 2 is 1.16 bits per heavy atom. The summed E-state index contributed by atoms with van der Waals surface area (Å²) in [6, 6.07) is 10.7. The van der Waals surface area contributed by atoms with Gasteiger partial charge in [-0.25, -0.2) is 0 Å². The maximum Gasteiger partial charge on any atom is 0.0366 e. The molecule has 1 aromatic rings. The van der Waals surface area contributed by atoms with Crippen LogP contribution in [0.4, 0.5) is 5.69 Å². The van der Waals surface area contributed by atoms with Crippen molar-refractivity contribution in [3.05, 3.63) is 30.3 Å². The van der Waals surface area contributed by atoms with Gasteiger partial charge in [0.05, 0.1) is 0 Å². The van der Waals surface area contributed by atoms with E-state index in [-0.39, 0.29) is 8.80 Å². The lowest BCUT2D eigenvalue weighted by molar-refractivity contribution is 0.949. The van der Waals surface area contributed by atoms with E-state index >= 15 is 0 Å². The Balaban J connectivity index is 0. The number of benzene rings is 1. The fourth-order valence-electron chi connectivity index (χ4n) is 1.61. The molecule has 0 unspecified atom stereocenters. The maximum absolute atomic E-state index is 2.44. The zero-order chi connectivity index (χ0) is 15.1. The van der Waals surface area contributed by atoms with E-state index in [0.29, 0.717) is 0 Å². The van der Waals surface area contributed by atoms with E-state index in [2.05, 4.69) is 54.9 Å². The van der Waals surface area contributed by atoms with Crippen molar-refractivity contribution in [3.63, 3.8) is 0 Å². The number of para-hydroxylation sites is 1. The van der Waals surface area contributed by atoms with Gasteiger partial charge in [0, 0.05) is 27.6 Å². The maximum atomic E-state index is 2.44. The first-order valence-electron chi connectivity index (χ1n) is 8.00. The molecule has 2 heteroatoms. The predicted molar refractivity (Wildman–Crippen MR) is 95.3 cm³/mol. The Hall–Kier alpha value is -0.763. The van der Waals surface area contributed by atoms with Gasteiger partial charge in [-0.2, -0.15) is 0 Å². The molecule has 2 rings (SSSR count). The van der Waals surface area contributed by atoms with Gasteiger partial charge < -0.3 is 4.90 Å². The molecule has 0 atom stereocenters. The van der Waals surface area contributed by atoms with Crippen LogP contribution < -0.4 is 4.90 Å². The molecule has 0 amide bonds. The smallest absolute Gasteiger partial charge is 0.0366 e. The average Bonchev–Trinajstić information content (AvgIpc) is 2.98. The van der Waals surface area contributed by atoms with Crippen molar-refractivity contribution in [1.29, 1.82) is 0 Å². The van der Waals surface area contributed by atoms with Crippen LogP contribution in [0.25, 0.3) is 0 Å². The van der Waals surface area contributed by atoms with Gasteiger partial charge in [0.1, 0.15) is 0 Å². The lowest BCUT2D eigenvalue weighted by atomic mass is 10.3. The highest BCUT2D eigenvalue weighted by Crippen LogP contribution is 2.18. The van der Waals surface area contributed by atoms with Crippen molar-refractivity contribution in [3.8, 4) is 0 Å². The summed E-state index contributed by atoms with van der Waals surface area (Å²) < 4.78 is 0. The summed E-state index contributed by atoms with van der Waals surface area (Å²) in [6.07, 6.45) is 2.71. The highest BCUT2D eigenvalue weighted by atomic mass is 28.3. The molecule has 0 N–H and O–H groups in total. The fraction of sp³-hybridized carbons (Fsp3) is 0.647. The zero-order valence-electron chi connectivity index (χ0n) is 14.2. The third kappa shape index (κ3) is 12.0. The van der Waals surface area contributed by atoms with Crippen LogP contribution in [0, 0.1) is 0 Å². The Morgan fingerprint density at radius 1 is 0.789 bits per heavy atom. The molecule has 1 nitrogen and oxygen atoms in total. The molecule has 1 aliphatic heterocycles. The highest BCUT2D eigenvalue weighted by Gasteiger charge is 2.10. The van der Waals surface area contributed by atoms with Crippen LogP contribution in [0.2, 0.25) is 19.6 Å². The molecule has 112 valence electrons. The number of hydrogen-bond acceptors (Lipinski definition) is 1. The van der Waals surface area contributed by atoms with Gasteiger partial charge in [0.25, 0.3) is 0 Å². The topological polar surface area (TPSA) is 3.24 Å². The van der Waals surface area contributed by atoms with Crippen LogP contribution in [0.5, 0.6) is 0 Å². The summed E-state index contributed by atoms with van der Waals surface area (Å²) in [7, 11) is -0.139.